The molecule has 1 amide bonds. The molecule has 2 rings (SSSR count). The fourth-order valence-corrected chi connectivity index (χ4v) is 2.86. The number of hydrogen-bond donors (Lipinski definition) is 2. The Morgan fingerprint density at radius 3 is 2.76 bits per heavy atom. The van der Waals surface area contributed by atoms with Crippen molar-refractivity contribution in [2.45, 2.75) is 32.1 Å². The Kier molecular flexibility index (Phi) is 6.05. The minimum absolute atomic E-state index is 0.131. The van der Waals surface area contributed by atoms with Gasteiger partial charge in [0.05, 0.1) is 0 Å². The van der Waals surface area contributed by atoms with Gasteiger partial charge in [-0.15, -0.1) is 0 Å². The maximum atomic E-state index is 11.9. The van der Waals surface area contributed by atoms with Gasteiger partial charge >= 0.3 is 0 Å². The molecular formula is C17H27N3O. The van der Waals surface area contributed by atoms with E-state index in [1.165, 1.54) is 25.9 Å². The minimum atomic E-state index is 0.131. The molecule has 0 spiro atoms. The molecule has 0 saturated carbocycles. The van der Waals surface area contributed by atoms with E-state index >= 15 is 0 Å². The predicted octanol–water partition coefficient (Wildman–Crippen LogP) is 2.05. The highest BCUT2D eigenvalue weighted by molar-refractivity contribution is 5.76. The second-order valence-electron chi connectivity index (χ2n) is 6.08. The van der Waals surface area contributed by atoms with Crippen LogP contribution in [-0.2, 0) is 11.2 Å². The fourth-order valence-electron chi connectivity index (χ4n) is 2.86. The lowest BCUT2D eigenvalue weighted by atomic mass is 9.94. The number of likely N-dealkylation sites (tertiary alicyclic amines) is 1. The third kappa shape index (κ3) is 5.38. The van der Waals surface area contributed by atoms with Crippen molar-refractivity contribution in [2.24, 2.45) is 5.92 Å². The molecule has 1 aromatic carbocycles. The lowest BCUT2D eigenvalue weighted by molar-refractivity contribution is -0.121. The number of nitrogen functional groups attached to an aromatic ring is 1. The van der Waals surface area contributed by atoms with E-state index in [4.69, 9.17) is 5.73 Å². The van der Waals surface area contributed by atoms with Gasteiger partial charge in [-0.2, -0.15) is 0 Å². The second-order valence-corrected chi connectivity index (χ2v) is 6.08. The van der Waals surface area contributed by atoms with E-state index in [-0.39, 0.29) is 5.91 Å². The Labute approximate surface area is 127 Å². The average Bonchev–Trinajstić information content (AvgIpc) is 2.48. The number of rotatable bonds is 6. The highest BCUT2D eigenvalue weighted by atomic mass is 16.1. The van der Waals surface area contributed by atoms with Crippen LogP contribution in [0.1, 0.15) is 31.2 Å². The summed E-state index contributed by atoms with van der Waals surface area (Å²) in [5, 5.41) is 3.04. The number of benzene rings is 1. The number of carbonyl (C=O) groups is 1. The number of anilines is 1. The van der Waals surface area contributed by atoms with Gasteiger partial charge in [-0.25, -0.2) is 0 Å². The first-order valence-electron chi connectivity index (χ1n) is 7.94. The Morgan fingerprint density at radius 1 is 1.33 bits per heavy atom. The molecule has 116 valence electrons. The van der Waals surface area contributed by atoms with Gasteiger partial charge in [-0.1, -0.05) is 18.2 Å². The van der Waals surface area contributed by atoms with Crippen LogP contribution in [0.25, 0.3) is 0 Å². The zero-order valence-corrected chi connectivity index (χ0v) is 13.0. The van der Waals surface area contributed by atoms with Crippen molar-refractivity contribution in [1.82, 2.24) is 10.2 Å². The van der Waals surface area contributed by atoms with Crippen molar-refractivity contribution in [3.05, 3.63) is 29.8 Å². The van der Waals surface area contributed by atoms with E-state index in [1.54, 1.807) is 0 Å². The molecule has 0 unspecified atom stereocenters. The van der Waals surface area contributed by atoms with E-state index in [9.17, 15) is 4.79 Å². The summed E-state index contributed by atoms with van der Waals surface area (Å²) in [5.74, 6) is 0.900. The molecule has 1 fully saturated rings. The summed E-state index contributed by atoms with van der Waals surface area (Å²) in [6.07, 6.45) is 4.85. The quantitative estimate of drug-likeness (QED) is 0.788. The highest BCUT2D eigenvalue weighted by Gasteiger charge is 2.16. The number of hydrogen-bond acceptors (Lipinski definition) is 3. The molecule has 0 radical (unpaired) electrons. The first-order valence-corrected chi connectivity index (χ1v) is 7.94. The lowest BCUT2D eigenvalue weighted by Crippen LogP contribution is -2.32. The molecule has 1 aromatic rings. The largest absolute Gasteiger partial charge is 0.399 e. The van der Waals surface area contributed by atoms with Crippen molar-refractivity contribution in [3.63, 3.8) is 0 Å². The van der Waals surface area contributed by atoms with Gasteiger partial charge in [0.2, 0.25) is 5.91 Å². The molecule has 3 N–H and O–H groups in total. The van der Waals surface area contributed by atoms with Gasteiger partial charge in [-0.3, -0.25) is 4.79 Å². The van der Waals surface area contributed by atoms with Crippen LogP contribution in [0.5, 0.6) is 0 Å². The summed E-state index contributed by atoms with van der Waals surface area (Å²) in [7, 11) is 2.17. The number of aryl methyl sites for hydroxylation is 1. The van der Waals surface area contributed by atoms with Gasteiger partial charge in [-0.05, 0) is 63.4 Å². The summed E-state index contributed by atoms with van der Waals surface area (Å²) in [4.78, 5) is 14.2. The second kappa shape index (κ2) is 8.03. The maximum absolute atomic E-state index is 11.9. The molecule has 21 heavy (non-hydrogen) atoms. The monoisotopic (exact) mass is 289 g/mol. The predicted molar refractivity (Wildman–Crippen MR) is 87.0 cm³/mol. The van der Waals surface area contributed by atoms with E-state index < -0.39 is 0 Å². The van der Waals surface area contributed by atoms with E-state index in [1.807, 2.05) is 24.3 Å². The van der Waals surface area contributed by atoms with E-state index in [0.717, 1.165) is 30.1 Å². The zero-order chi connectivity index (χ0) is 15.1. The van der Waals surface area contributed by atoms with Gasteiger partial charge in [0, 0.05) is 18.7 Å². The molecule has 0 aromatic heterocycles. The summed E-state index contributed by atoms with van der Waals surface area (Å²) in [5.41, 5.74) is 7.71. The standard InChI is InChI=1S/C17H27N3O/c1-20-12-9-14(10-13-20)8-11-19-17(21)7-6-15-4-2-3-5-16(15)18/h2-5,14H,6-13,18H2,1H3,(H,19,21). The third-order valence-electron chi connectivity index (χ3n) is 4.39. The third-order valence-corrected chi connectivity index (χ3v) is 4.39. The molecular weight excluding hydrogens is 262 g/mol. The van der Waals surface area contributed by atoms with Crippen LogP contribution in [0.2, 0.25) is 0 Å². The van der Waals surface area contributed by atoms with E-state index in [0.29, 0.717) is 12.8 Å². The van der Waals surface area contributed by atoms with Gasteiger partial charge < -0.3 is 16.0 Å². The number of piperidine rings is 1. The molecule has 1 heterocycles. The molecule has 0 bridgehead atoms. The van der Waals surface area contributed by atoms with Crippen molar-refractivity contribution in [2.75, 3.05) is 32.4 Å². The van der Waals surface area contributed by atoms with Crippen molar-refractivity contribution in [3.8, 4) is 0 Å². The van der Waals surface area contributed by atoms with E-state index in [2.05, 4.69) is 17.3 Å². The fraction of sp³-hybridized carbons (Fsp3) is 0.588. The average molecular weight is 289 g/mol. The van der Waals surface area contributed by atoms with Crippen molar-refractivity contribution < 1.29 is 4.79 Å². The topological polar surface area (TPSA) is 58.4 Å². The summed E-state index contributed by atoms with van der Waals surface area (Å²) < 4.78 is 0. The molecule has 4 heteroatoms. The lowest BCUT2D eigenvalue weighted by Gasteiger charge is -2.28. The smallest absolute Gasteiger partial charge is 0.220 e. The number of carbonyl (C=O) groups excluding carboxylic acids is 1. The van der Waals surface area contributed by atoms with Crippen molar-refractivity contribution in [1.29, 1.82) is 0 Å². The van der Waals surface area contributed by atoms with Crippen LogP contribution in [0, 0.1) is 5.92 Å². The van der Waals surface area contributed by atoms with Gasteiger partial charge in [0.1, 0.15) is 0 Å². The SMILES string of the molecule is CN1CCC(CCNC(=O)CCc2ccccc2N)CC1. The summed E-state index contributed by atoms with van der Waals surface area (Å²) >= 11 is 0. The number of nitrogens with zero attached hydrogens (tertiary/aromatic N) is 1. The number of para-hydroxylation sites is 1. The maximum Gasteiger partial charge on any atom is 0.220 e. The number of nitrogens with one attached hydrogen (secondary N) is 1. The Bertz CT molecular complexity index is 453. The van der Waals surface area contributed by atoms with Crippen LogP contribution >= 0.6 is 0 Å². The highest BCUT2D eigenvalue weighted by Crippen LogP contribution is 2.18. The number of amides is 1. The van der Waals surface area contributed by atoms with Crippen LogP contribution in [0.3, 0.4) is 0 Å². The molecule has 1 aliphatic rings. The summed E-state index contributed by atoms with van der Waals surface area (Å²) in [6.45, 7) is 3.18. The van der Waals surface area contributed by atoms with Crippen LogP contribution in [-0.4, -0.2) is 37.5 Å². The molecule has 1 saturated heterocycles. The zero-order valence-electron chi connectivity index (χ0n) is 13.0. The Balaban J connectivity index is 1.61. The summed E-state index contributed by atoms with van der Waals surface area (Å²) in [6, 6.07) is 7.75. The van der Waals surface area contributed by atoms with Crippen LogP contribution < -0.4 is 11.1 Å². The molecule has 1 aliphatic heterocycles. The molecule has 0 aliphatic carbocycles. The van der Waals surface area contributed by atoms with Crippen molar-refractivity contribution >= 4 is 11.6 Å². The first-order chi connectivity index (χ1) is 10.1. The Morgan fingerprint density at radius 2 is 2.05 bits per heavy atom. The van der Waals surface area contributed by atoms with Crippen LogP contribution in [0.15, 0.2) is 24.3 Å². The molecule has 0 atom stereocenters. The van der Waals surface area contributed by atoms with Crippen LogP contribution in [0.4, 0.5) is 5.69 Å². The molecule has 4 nitrogen and oxygen atoms in total. The normalized spacial score (nSPS) is 16.8. The first kappa shape index (κ1) is 15.8. The van der Waals surface area contributed by atoms with Gasteiger partial charge in [0.15, 0.2) is 0 Å². The Hall–Kier alpha value is -1.55. The number of nitrogens with two attached hydrogens (primary N) is 1. The van der Waals surface area contributed by atoms with Gasteiger partial charge in [0.25, 0.3) is 0 Å². The minimum Gasteiger partial charge on any atom is -0.399 e.